The summed E-state index contributed by atoms with van der Waals surface area (Å²) in [6.45, 7) is 0. The van der Waals surface area contributed by atoms with Crippen LogP contribution >= 0.6 is 11.3 Å². The van der Waals surface area contributed by atoms with E-state index in [1.807, 2.05) is 0 Å². The third-order valence-electron chi connectivity index (χ3n) is 3.17. The van der Waals surface area contributed by atoms with E-state index in [4.69, 9.17) is 0 Å². The molecule has 1 N–H and O–H groups in total. The molecule has 0 fully saturated rings. The summed E-state index contributed by atoms with van der Waals surface area (Å²) < 4.78 is 41.5. The zero-order valence-electron chi connectivity index (χ0n) is 12.4. The SMILES string of the molecule is Cn1nc(-c2csc(S(=O)(=O)Nc3cccc(F)c3)c2)ccc1=O. The van der Waals surface area contributed by atoms with Crippen molar-refractivity contribution in [2.24, 2.45) is 7.05 Å². The lowest BCUT2D eigenvalue weighted by Crippen LogP contribution is -2.18. The van der Waals surface area contributed by atoms with Crippen LogP contribution in [0.5, 0.6) is 0 Å². The zero-order chi connectivity index (χ0) is 17.3. The summed E-state index contributed by atoms with van der Waals surface area (Å²) in [6.07, 6.45) is 0. The Balaban J connectivity index is 1.91. The number of benzene rings is 1. The number of rotatable bonds is 4. The van der Waals surface area contributed by atoms with E-state index in [2.05, 4.69) is 9.82 Å². The summed E-state index contributed by atoms with van der Waals surface area (Å²) in [5.74, 6) is -0.531. The molecule has 0 amide bonds. The van der Waals surface area contributed by atoms with Gasteiger partial charge in [-0.05, 0) is 30.3 Å². The molecule has 0 saturated heterocycles. The second-order valence-electron chi connectivity index (χ2n) is 4.95. The number of sulfonamides is 1. The average Bonchev–Trinajstić information content (AvgIpc) is 3.00. The van der Waals surface area contributed by atoms with Gasteiger partial charge in [-0.15, -0.1) is 11.3 Å². The fraction of sp³-hybridized carbons (Fsp3) is 0.0667. The van der Waals surface area contributed by atoms with Crippen LogP contribution in [0.3, 0.4) is 0 Å². The van der Waals surface area contributed by atoms with Crippen molar-refractivity contribution in [2.45, 2.75) is 4.21 Å². The summed E-state index contributed by atoms with van der Waals surface area (Å²) in [4.78, 5) is 11.4. The zero-order valence-corrected chi connectivity index (χ0v) is 14.1. The van der Waals surface area contributed by atoms with E-state index >= 15 is 0 Å². The average molecular weight is 365 g/mol. The second kappa shape index (κ2) is 6.17. The van der Waals surface area contributed by atoms with E-state index in [1.165, 1.54) is 48.1 Å². The molecule has 0 saturated carbocycles. The fourth-order valence-corrected chi connectivity index (χ4v) is 4.23. The molecule has 2 aromatic heterocycles. The minimum atomic E-state index is -3.83. The third kappa shape index (κ3) is 3.36. The van der Waals surface area contributed by atoms with Crippen LogP contribution in [0.1, 0.15) is 0 Å². The molecule has 9 heteroatoms. The van der Waals surface area contributed by atoms with E-state index < -0.39 is 15.8 Å². The molecule has 0 bridgehead atoms. The highest BCUT2D eigenvalue weighted by molar-refractivity contribution is 7.94. The number of aromatic nitrogens is 2. The Labute approximate surface area is 141 Å². The molecule has 0 unspecified atom stereocenters. The lowest BCUT2D eigenvalue weighted by molar-refractivity contribution is 0.603. The van der Waals surface area contributed by atoms with Crippen LogP contribution in [0.2, 0.25) is 0 Å². The van der Waals surface area contributed by atoms with E-state index in [0.717, 1.165) is 17.4 Å². The van der Waals surface area contributed by atoms with E-state index in [-0.39, 0.29) is 15.5 Å². The molecule has 0 spiro atoms. The van der Waals surface area contributed by atoms with Gasteiger partial charge in [-0.2, -0.15) is 5.10 Å². The van der Waals surface area contributed by atoms with Gasteiger partial charge in [0.1, 0.15) is 10.0 Å². The van der Waals surface area contributed by atoms with Gasteiger partial charge in [-0.25, -0.2) is 17.5 Å². The molecule has 124 valence electrons. The Hall–Kier alpha value is -2.52. The van der Waals surface area contributed by atoms with Crippen molar-refractivity contribution >= 4 is 27.0 Å². The first-order valence-corrected chi connectivity index (χ1v) is 9.13. The normalized spacial score (nSPS) is 11.4. The number of hydrogen-bond acceptors (Lipinski definition) is 5. The first-order chi connectivity index (χ1) is 11.3. The predicted octanol–water partition coefficient (Wildman–Crippen LogP) is 2.45. The Kier molecular flexibility index (Phi) is 4.20. The van der Waals surface area contributed by atoms with Crippen molar-refractivity contribution < 1.29 is 12.8 Å². The van der Waals surface area contributed by atoms with Crippen molar-refractivity contribution in [3.05, 3.63) is 64.0 Å². The van der Waals surface area contributed by atoms with Crippen molar-refractivity contribution in [3.8, 4) is 11.3 Å². The van der Waals surface area contributed by atoms with E-state index in [1.54, 1.807) is 5.38 Å². The quantitative estimate of drug-likeness (QED) is 0.770. The Bertz CT molecular complexity index is 1060. The van der Waals surface area contributed by atoms with Gasteiger partial charge in [0, 0.05) is 24.1 Å². The van der Waals surface area contributed by atoms with Gasteiger partial charge in [0.05, 0.1) is 11.4 Å². The highest BCUT2D eigenvalue weighted by Crippen LogP contribution is 2.28. The lowest BCUT2D eigenvalue weighted by atomic mass is 10.2. The predicted molar refractivity (Wildman–Crippen MR) is 90.0 cm³/mol. The van der Waals surface area contributed by atoms with Crippen LogP contribution in [-0.4, -0.2) is 18.2 Å². The monoisotopic (exact) mass is 365 g/mol. The molecule has 2 heterocycles. The summed E-state index contributed by atoms with van der Waals surface area (Å²) in [6, 6.07) is 9.55. The van der Waals surface area contributed by atoms with Crippen LogP contribution in [0, 0.1) is 5.82 Å². The number of aryl methyl sites for hydroxylation is 1. The highest BCUT2D eigenvalue weighted by Gasteiger charge is 2.18. The molecule has 0 aliphatic carbocycles. The summed E-state index contributed by atoms with van der Waals surface area (Å²) in [5.41, 5.74) is 0.954. The highest BCUT2D eigenvalue weighted by atomic mass is 32.2. The molecule has 0 radical (unpaired) electrons. The smallest absolute Gasteiger partial charge is 0.271 e. The number of hydrogen-bond donors (Lipinski definition) is 1. The summed E-state index contributed by atoms with van der Waals surface area (Å²) >= 11 is 1.01. The number of halogens is 1. The molecule has 24 heavy (non-hydrogen) atoms. The molecule has 0 aliphatic heterocycles. The van der Waals surface area contributed by atoms with Crippen LogP contribution in [0.25, 0.3) is 11.3 Å². The maximum absolute atomic E-state index is 13.2. The molecule has 0 atom stereocenters. The standard InChI is InChI=1S/C15H12FN3O3S2/c1-19-14(20)6-5-13(17-19)10-7-15(23-9-10)24(21,22)18-12-4-2-3-11(16)8-12/h2-9,18H,1H3. The second-order valence-corrected chi connectivity index (χ2v) is 7.77. The van der Waals surface area contributed by atoms with Crippen LogP contribution in [0.4, 0.5) is 10.1 Å². The van der Waals surface area contributed by atoms with Gasteiger partial charge in [0.15, 0.2) is 0 Å². The van der Waals surface area contributed by atoms with Gasteiger partial charge < -0.3 is 0 Å². The maximum atomic E-state index is 13.2. The van der Waals surface area contributed by atoms with Crippen molar-refractivity contribution in [1.82, 2.24) is 9.78 Å². The van der Waals surface area contributed by atoms with Crippen LogP contribution in [-0.2, 0) is 17.1 Å². The Morgan fingerprint density at radius 1 is 1.21 bits per heavy atom. The molecule has 6 nitrogen and oxygen atoms in total. The number of nitrogens with one attached hydrogen (secondary N) is 1. The van der Waals surface area contributed by atoms with Gasteiger partial charge in [0.2, 0.25) is 0 Å². The van der Waals surface area contributed by atoms with Crippen LogP contribution in [0.15, 0.2) is 56.8 Å². The summed E-state index contributed by atoms with van der Waals surface area (Å²) in [7, 11) is -2.31. The minimum absolute atomic E-state index is 0.0671. The van der Waals surface area contributed by atoms with Crippen molar-refractivity contribution in [2.75, 3.05) is 4.72 Å². The van der Waals surface area contributed by atoms with Gasteiger partial charge in [-0.3, -0.25) is 9.52 Å². The number of anilines is 1. The largest absolute Gasteiger partial charge is 0.279 e. The Morgan fingerprint density at radius 3 is 2.71 bits per heavy atom. The third-order valence-corrected chi connectivity index (χ3v) is 5.99. The van der Waals surface area contributed by atoms with E-state index in [9.17, 15) is 17.6 Å². The van der Waals surface area contributed by atoms with E-state index in [0.29, 0.717) is 11.3 Å². The fourth-order valence-electron chi connectivity index (χ4n) is 2.01. The molecular weight excluding hydrogens is 353 g/mol. The minimum Gasteiger partial charge on any atom is -0.279 e. The molecule has 3 rings (SSSR count). The number of nitrogens with zero attached hydrogens (tertiary/aromatic N) is 2. The topological polar surface area (TPSA) is 81.1 Å². The van der Waals surface area contributed by atoms with Gasteiger partial charge in [0.25, 0.3) is 15.6 Å². The first-order valence-electron chi connectivity index (χ1n) is 6.77. The molecule has 0 aliphatic rings. The Morgan fingerprint density at radius 2 is 2.00 bits per heavy atom. The summed E-state index contributed by atoms with van der Waals surface area (Å²) in [5, 5.41) is 5.71. The van der Waals surface area contributed by atoms with Crippen molar-refractivity contribution in [1.29, 1.82) is 0 Å². The molecular formula is C15H12FN3O3S2. The van der Waals surface area contributed by atoms with Crippen molar-refractivity contribution in [3.63, 3.8) is 0 Å². The molecule has 3 aromatic rings. The van der Waals surface area contributed by atoms with Crippen LogP contribution < -0.4 is 10.3 Å². The maximum Gasteiger partial charge on any atom is 0.271 e. The molecule has 1 aromatic carbocycles. The first kappa shape index (κ1) is 16.3. The number of thiophene rings is 1. The van der Waals surface area contributed by atoms with Gasteiger partial charge >= 0.3 is 0 Å². The van der Waals surface area contributed by atoms with Gasteiger partial charge in [-0.1, -0.05) is 6.07 Å². The lowest BCUT2D eigenvalue weighted by Gasteiger charge is -2.05.